The molecule has 204 valence electrons. The average Bonchev–Trinajstić information content (AvgIpc) is 2.95. The van der Waals surface area contributed by atoms with Gasteiger partial charge in [-0.05, 0) is 47.0 Å². The van der Waals surface area contributed by atoms with Crippen LogP contribution in [0.25, 0.3) is 11.1 Å². The quantitative estimate of drug-likeness (QED) is 0.209. The minimum Gasteiger partial charge on any atom is -0.453 e. The lowest BCUT2D eigenvalue weighted by Crippen LogP contribution is -2.37. The maximum absolute atomic E-state index is 13.4. The first-order chi connectivity index (χ1) is 19.2. The van der Waals surface area contributed by atoms with Gasteiger partial charge in [0.2, 0.25) is 5.91 Å². The summed E-state index contributed by atoms with van der Waals surface area (Å²) in [6.45, 7) is 0.185. The fourth-order valence-corrected chi connectivity index (χ4v) is 4.32. The first kappa shape index (κ1) is 28.1. The molecule has 10 nitrogen and oxygen atoms in total. The fourth-order valence-electron chi connectivity index (χ4n) is 4.15. The van der Waals surface area contributed by atoms with Gasteiger partial charge in [-0.25, -0.2) is 4.79 Å². The van der Waals surface area contributed by atoms with Crippen molar-refractivity contribution in [1.82, 2.24) is 9.88 Å². The summed E-state index contributed by atoms with van der Waals surface area (Å²) in [5.74, 6) is -0.385. The van der Waals surface area contributed by atoms with Crippen LogP contribution in [0.4, 0.5) is 16.2 Å². The summed E-state index contributed by atoms with van der Waals surface area (Å²) in [5, 5.41) is 17.3. The Balaban J connectivity index is 1.59. The maximum atomic E-state index is 13.4. The Labute approximate surface area is 234 Å². The largest absolute Gasteiger partial charge is 0.453 e. The van der Waals surface area contributed by atoms with Gasteiger partial charge in [-0.3, -0.25) is 25.0 Å². The van der Waals surface area contributed by atoms with E-state index in [1.165, 1.54) is 42.1 Å². The monoisotopic (exact) mass is 560 g/mol. The van der Waals surface area contributed by atoms with Crippen molar-refractivity contribution in [3.05, 3.63) is 128 Å². The number of pyridine rings is 1. The molecular weight excluding hydrogens is 536 g/mol. The summed E-state index contributed by atoms with van der Waals surface area (Å²) in [7, 11) is 1.27. The third kappa shape index (κ3) is 6.91. The van der Waals surface area contributed by atoms with Gasteiger partial charge in [0.05, 0.1) is 17.6 Å². The molecule has 2 amide bonds. The highest BCUT2D eigenvalue weighted by Gasteiger charge is 2.23. The van der Waals surface area contributed by atoms with Gasteiger partial charge in [-0.15, -0.1) is 0 Å². The third-order valence-corrected chi connectivity index (χ3v) is 6.41. The van der Waals surface area contributed by atoms with E-state index >= 15 is 0 Å². The number of amides is 2. The van der Waals surface area contributed by atoms with E-state index in [0.29, 0.717) is 16.3 Å². The molecule has 0 aliphatic rings. The van der Waals surface area contributed by atoms with Gasteiger partial charge < -0.3 is 14.6 Å². The predicted octanol–water partition coefficient (Wildman–Crippen LogP) is 5.36. The summed E-state index contributed by atoms with van der Waals surface area (Å²) in [4.78, 5) is 49.1. The minimum absolute atomic E-state index is 0.185. The lowest BCUT2D eigenvalue weighted by Gasteiger charge is -2.20. The maximum Gasteiger partial charge on any atom is 0.411 e. The minimum atomic E-state index is -0.890. The molecule has 40 heavy (non-hydrogen) atoms. The Morgan fingerprint density at radius 2 is 1.73 bits per heavy atom. The van der Waals surface area contributed by atoms with Crippen LogP contribution in [-0.4, -0.2) is 28.6 Å². The number of hydrogen-bond donors (Lipinski definition) is 2. The van der Waals surface area contributed by atoms with Gasteiger partial charge in [0.1, 0.15) is 6.04 Å². The number of ether oxygens (including phenoxy) is 1. The predicted molar refractivity (Wildman–Crippen MR) is 151 cm³/mol. The van der Waals surface area contributed by atoms with Gasteiger partial charge in [0, 0.05) is 42.0 Å². The summed E-state index contributed by atoms with van der Waals surface area (Å²) in [5.41, 5.74) is 2.00. The van der Waals surface area contributed by atoms with E-state index < -0.39 is 22.6 Å². The molecule has 4 aromatic rings. The smallest absolute Gasteiger partial charge is 0.411 e. The van der Waals surface area contributed by atoms with E-state index in [1.54, 1.807) is 30.3 Å². The zero-order chi connectivity index (χ0) is 28.6. The van der Waals surface area contributed by atoms with Gasteiger partial charge >= 0.3 is 6.09 Å². The molecule has 0 spiro atoms. The van der Waals surface area contributed by atoms with E-state index in [0.717, 1.165) is 11.1 Å². The standard InChI is InChI=1S/C29H25ClN4O6/c1-40-29(37)32-23-10-7-20(8-11-23)18-31-28(36)26(15-19-5-3-2-4-6-19)33-14-13-21(16-27(33)35)24-17-22(30)9-12-25(24)34(38)39/h2-14,16-17,26H,15,18H2,1H3,(H,31,36)(H,32,37). The molecule has 0 aliphatic heterocycles. The first-order valence-electron chi connectivity index (χ1n) is 12.2. The Hall–Kier alpha value is -4.96. The van der Waals surface area contributed by atoms with Gasteiger partial charge in [-0.2, -0.15) is 0 Å². The van der Waals surface area contributed by atoms with Crippen LogP contribution < -0.4 is 16.2 Å². The van der Waals surface area contributed by atoms with Crippen molar-refractivity contribution in [3.63, 3.8) is 0 Å². The van der Waals surface area contributed by atoms with E-state index in [1.807, 2.05) is 30.3 Å². The van der Waals surface area contributed by atoms with Crippen LogP contribution in [0.5, 0.6) is 0 Å². The number of aromatic nitrogens is 1. The number of rotatable bonds is 9. The number of nitrogens with one attached hydrogen (secondary N) is 2. The van der Waals surface area contributed by atoms with Crippen LogP contribution >= 0.6 is 11.6 Å². The molecule has 0 fully saturated rings. The number of benzene rings is 3. The Kier molecular flexibility index (Phi) is 8.93. The zero-order valence-corrected chi connectivity index (χ0v) is 22.1. The van der Waals surface area contributed by atoms with Crippen LogP contribution in [0.1, 0.15) is 17.2 Å². The number of nitro benzene ring substituents is 1. The van der Waals surface area contributed by atoms with Crippen molar-refractivity contribution in [2.75, 3.05) is 12.4 Å². The highest BCUT2D eigenvalue weighted by Crippen LogP contribution is 2.32. The van der Waals surface area contributed by atoms with Crippen LogP contribution in [0.3, 0.4) is 0 Å². The van der Waals surface area contributed by atoms with Gasteiger partial charge in [0.25, 0.3) is 11.2 Å². The Bertz CT molecular complexity index is 1590. The topological polar surface area (TPSA) is 133 Å². The van der Waals surface area contributed by atoms with Crippen LogP contribution in [-0.2, 0) is 22.5 Å². The van der Waals surface area contributed by atoms with Crippen molar-refractivity contribution in [3.8, 4) is 11.1 Å². The molecule has 0 saturated carbocycles. The second-order valence-electron chi connectivity index (χ2n) is 8.82. The number of anilines is 1. The Morgan fingerprint density at radius 3 is 2.38 bits per heavy atom. The van der Waals surface area contributed by atoms with Crippen molar-refractivity contribution in [1.29, 1.82) is 0 Å². The molecule has 2 N–H and O–H groups in total. The van der Waals surface area contributed by atoms with Crippen LogP contribution in [0.15, 0.2) is 95.9 Å². The number of nitro groups is 1. The fraction of sp³-hybridized carbons (Fsp3) is 0.138. The number of halogens is 1. The number of carbonyl (C=O) groups excluding carboxylic acids is 2. The van der Waals surface area contributed by atoms with Crippen molar-refractivity contribution < 1.29 is 19.2 Å². The second-order valence-corrected chi connectivity index (χ2v) is 9.25. The van der Waals surface area contributed by atoms with E-state index in [9.17, 15) is 24.5 Å². The second kappa shape index (κ2) is 12.7. The molecule has 4 rings (SSSR count). The van der Waals surface area contributed by atoms with E-state index in [4.69, 9.17) is 11.6 Å². The number of carbonyl (C=O) groups is 2. The van der Waals surface area contributed by atoms with Gasteiger partial charge in [-0.1, -0.05) is 54.1 Å². The molecule has 11 heteroatoms. The summed E-state index contributed by atoms with van der Waals surface area (Å²) >= 11 is 6.06. The highest BCUT2D eigenvalue weighted by atomic mass is 35.5. The molecule has 0 bridgehead atoms. The zero-order valence-electron chi connectivity index (χ0n) is 21.4. The molecule has 1 heterocycles. The van der Waals surface area contributed by atoms with Crippen LogP contribution in [0.2, 0.25) is 5.02 Å². The van der Waals surface area contributed by atoms with Crippen molar-refractivity contribution in [2.24, 2.45) is 0 Å². The van der Waals surface area contributed by atoms with Crippen molar-refractivity contribution >= 4 is 35.0 Å². The average molecular weight is 561 g/mol. The summed E-state index contributed by atoms with van der Waals surface area (Å²) in [6.07, 6.45) is 1.11. The number of nitrogens with zero attached hydrogens (tertiary/aromatic N) is 2. The number of hydrogen-bond acceptors (Lipinski definition) is 6. The normalized spacial score (nSPS) is 11.3. The van der Waals surface area contributed by atoms with E-state index in [2.05, 4.69) is 15.4 Å². The molecule has 3 aromatic carbocycles. The van der Waals surface area contributed by atoms with Crippen LogP contribution in [0, 0.1) is 10.1 Å². The molecule has 0 aliphatic carbocycles. The summed E-state index contributed by atoms with van der Waals surface area (Å²) < 4.78 is 5.88. The van der Waals surface area contributed by atoms with Crippen molar-refractivity contribution in [2.45, 2.75) is 19.0 Å². The first-order valence-corrected chi connectivity index (χ1v) is 12.5. The third-order valence-electron chi connectivity index (χ3n) is 6.18. The highest BCUT2D eigenvalue weighted by molar-refractivity contribution is 6.31. The molecule has 0 saturated heterocycles. The molecule has 1 aromatic heterocycles. The molecule has 0 radical (unpaired) electrons. The molecule has 1 unspecified atom stereocenters. The summed E-state index contributed by atoms with van der Waals surface area (Å²) in [6, 6.07) is 22.2. The molecular formula is C29H25ClN4O6. The van der Waals surface area contributed by atoms with E-state index in [-0.39, 0.29) is 30.1 Å². The Morgan fingerprint density at radius 1 is 1.00 bits per heavy atom. The number of methoxy groups -OCH3 is 1. The lowest BCUT2D eigenvalue weighted by molar-refractivity contribution is -0.384. The SMILES string of the molecule is COC(=O)Nc1ccc(CNC(=O)C(Cc2ccccc2)n2ccc(-c3cc(Cl)ccc3[N+](=O)[O-])cc2=O)cc1. The molecule has 1 atom stereocenters. The lowest BCUT2D eigenvalue weighted by atomic mass is 10.0. The van der Waals surface area contributed by atoms with Gasteiger partial charge in [0.15, 0.2) is 0 Å².